The van der Waals surface area contributed by atoms with Gasteiger partial charge in [-0.25, -0.2) is 9.37 Å². The Morgan fingerprint density at radius 1 is 1.11 bits per heavy atom. The molecular weight excluding hydrogens is 687 g/mol. The molecule has 1 N–H and O–H groups in total. The van der Waals surface area contributed by atoms with Gasteiger partial charge in [-0.05, 0) is 111 Å². The van der Waals surface area contributed by atoms with Crippen LogP contribution < -0.4 is 0 Å². The van der Waals surface area contributed by atoms with Gasteiger partial charge in [0, 0.05) is 28.9 Å². The first-order valence-electron chi connectivity index (χ1n) is 15.8. The molecule has 1 saturated heterocycles. The highest BCUT2D eigenvalue weighted by atomic mass is 35.5. The van der Waals surface area contributed by atoms with Crippen molar-refractivity contribution in [1.29, 1.82) is 0 Å². The largest absolute Gasteiger partial charge is 0.480 e. The Hall–Kier alpha value is -1.45. The van der Waals surface area contributed by atoms with Gasteiger partial charge in [-0.2, -0.15) is 0 Å². The summed E-state index contributed by atoms with van der Waals surface area (Å²) < 4.78 is 14.3. The normalized spacial score (nSPS) is 21.0. The number of benzene rings is 2. The zero-order valence-corrected chi connectivity index (χ0v) is 31.1. The molecule has 1 saturated carbocycles. The zero-order chi connectivity index (χ0) is 30.7. The molecule has 256 valence electrons. The van der Waals surface area contributed by atoms with Crippen molar-refractivity contribution in [3.63, 3.8) is 0 Å². The fraction of sp³-hybridized carbons (Fsp3) is 0.543. The topological polar surface area (TPSA) is 56.7 Å². The maximum absolute atomic E-state index is 14.3. The predicted molar refractivity (Wildman–Crippen MR) is 196 cm³/mol. The van der Waals surface area contributed by atoms with Crippen molar-refractivity contribution in [3.8, 4) is 0 Å². The van der Waals surface area contributed by atoms with E-state index in [0.29, 0.717) is 11.8 Å². The van der Waals surface area contributed by atoms with Crippen LogP contribution in [-0.2, 0) is 17.6 Å². The van der Waals surface area contributed by atoms with Crippen molar-refractivity contribution in [2.45, 2.75) is 83.2 Å². The lowest BCUT2D eigenvalue weighted by Crippen LogP contribution is -2.47. The number of rotatable bonds is 11. The van der Waals surface area contributed by atoms with Crippen molar-refractivity contribution in [2.24, 2.45) is 11.8 Å². The molecule has 3 unspecified atom stereocenters. The van der Waals surface area contributed by atoms with E-state index in [-0.39, 0.29) is 60.9 Å². The van der Waals surface area contributed by atoms with Crippen LogP contribution in [0, 0.1) is 17.7 Å². The van der Waals surface area contributed by atoms with Crippen LogP contribution in [0.5, 0.6) is 0 Å². The van der Waals surface area contributed by atoms with Gasteiger partial charge in [0.1, 0.15) is 11.9 Å². The maximum atomic E-state index is 14.3. The zero-order valence-electron chi connectivity index (χ0n) is 27.0. The van der Waals surface area contributed by atoms with E-state index in [1.54, 1.807) is 12.1 Å². The summed E-state index contributed by atoms with van der Waals surface area (Å²) in [6.07, 6.45) is 5.77. The average molecular weight is 736 g/mol. The quantitative estimate of drug-likeness (QED) is 0.213. The summed E-state index contributed by atoms with van der Waals surface area (Å²) in [5.41, 5.74) is 3.48. The van der Waals surface area contributed by atoms with E-state index in [0.717, 1.165) is 73.8 Å². The molecule has 2 aliphatic rings. The summed E-state index contributed by atoms with van der Waals surface area (Å²) in [5, 5.41) is 11.9. The molecule has 1 aliphatic carbocycles. The van der Waals surface area contributed by atoms with Crippen molar-refractivity contribution in [3.05, 3.63) is 86.1 Å². The second-order valence-electron chi connectivity index (χ2n) is 12.9. The van der Waals surface area contributed by atoms with E-state index < -0.39 is 12.0 Å². The number of likely N-dealkylation sites (tertiary alicyclic amines) is 1. The minimum absolute atomic E-state index is 0. The highest BCUT2D eigenvalue weighted by Gasteiger charge is 2.42. The molecular formula is C35H48Cl4FN3O2S. The number of hydrogen-bond donors (Lipinski definition) is 1. The lowest BCUT2D eigenvalue weighted by atomic mass is 9.87. The standard InChI is InChI=1S/C35H45ClFN3O2S.3ClH/c1-5-31-34(43-32(38-31)17-23-8-6-10-27(36)16-23)24-12-14-40(15-13-24)21-26-19-29(39(4)33(22(2)3)35(41)42)20-30(26)25-9-7-11-28(37)18-25;;;/h6-11,16,18,22,24,26,29-30,33H,5,12-15,17,19-21H2,1-4H3,(H,41,42);3*1H/t26?,29?,30?,33-;;;/m1.../s1. The number of aliphatic carboxylic acids is 1. The smallest absolute Gasteiger partial charge is 0.321 e. The Morgan fingerprint density at radius 2 is 1.80 bits per heavy atom. The fourth-order valence-corrected chi connectivity index (χ4v) is 9.10. The third-order valence-electron chi connectivity index (χ3n) is 9.65. The van der Waals surface area contributed by atoms with Crippen LogP contribution in [0.2, 0.25) is 5.02 Å². The molecule has 0 spiro atoms. The monoisotopic (exact) mass is 733 g/mol. The molecule has 2 aromatic carbocycles. The van der Waals surface area contributed by atoms with Crippen LogP contribution in [0.1, 0.15) is 85.0 Å². The number of piperidine rings is 1. The summed E-state index contributed by atoms with van der Waals surface area (Å²) in [6.45, 7) is 9.18. The summed E-state index contributed by atoms with van der Waals surface area (Å²) in [4.78, 5) is 23.3. The van der Waals surface area contributed by atoms with Gasteiger partial charge in [-0.15, -0.1) is 48.6 Å². The molecule has 2 heterocycles. The van der Waals surface area contributed by atoms with E-state index in [4.69, 9.17) is 16.6 Å². The lowest BCUT2D eigenvalue weighted by molar-refractivity contribution is -0.145. The van der Waals surface area contributed by atoms with Crippen LogP contribution in [0.3, 0.4) is 0 Å². The van der Waals surface area contributed by atoms with E-state index in [1.165, 1.54) is 22.2 Å². The minimum atomic E-state index is -0.768. The van der Waals surface area contributed by atoms with Crippen LogP contribution in [-0.4, -0.2) is 64.6 Å². The molecule has 0 amide bonds. The molecule has 5 nitrogen and oxygen atoms in total. The Bertz CT molecular complexity index is 1400. The van der Waals surface area contributed by atoms with Gasteiger partial charge < -0.3 is 10.0 Å². The second-order valence-corrected chi connectivity index (χ2v) is 14.4. The van der Waals surface area contributed by atoms with E-state index in [9.17, 15) is 14.3 Å². The van der Waals surface area contributed by atoms with Crippen LogP contribution in [0.15, 0.2) is 48.5 Å². The molecule has 2 fully saturated rings. The molecule has 46 heavy (non-hydrogen) atoms. The molecule has 0 radical (unpaired) electrons. The number of nitrogens with zero attached hydrogens (tertiary/aromatic N) is 3. The van der Waals surface area contributed by atoms with Crippen molar-refractivity contribution < 1.29 is 14.3 Å². The molecule has 0 bridgehead atoms. The molecule has 1 aromatic heterocycles. The Balaban J connectivity index is 0.00000245. The van der Waals surface area contributed by atoms with Crippen LogP contribution in [0.4, 0.5) is 4.39 Å². The van der Waals surface area contributed by atoms with E-state index >= 15 is 0 Å². The number of carbonyl (C=O) groups is 1. The van der Waals surface area contributed by atoms with Gasteiger partial charge in [0.15, 0.2) is 0 Å². The third-order valence-corrected chi connectivity index (χ3v) is 11.1. The van der Waals surface area contributed by atoms with E-state index in [1.807, 2.05) is 56.5 Å². The van der Waals surface area contributed by atoms with Gasteiger partial charge in [-0.3, -0.25) is 9.69 Å². The maximum Gasteiger partial charge on any atom is 0.321 e. The fourth-order valence-electron chi connectivity index (χ4n) is 7.53. The van der Waals surface area contributed by atoms with Gasteiger partial charge in [-0.1, -0.05) is 56.6 Å². The molecule has 1 aliphatic heterocycles. The van der Waals surface area contributed by atoms with Crippen LogP contribution in [0.25, 0.3) is 0 Å². The first-order valence-corrected chi connectivity index (χ1v) is 17.0. The molecule has 5 rings (SSSR count). The number of aryl methyl sites for hydroxylation is 1. The van der Waals surface area contributed by atoms with Crippen molar-refractivity contribution in [2.75, 3.05) is 26.7 Å². The Kier molecular flexibility index (Phi) is 16.2. The summed E-state index contributed by atoms with van der Waals surface area (Å²) in [7, 11) is 1.96. The minimum Gasteiger partial charge on any atom is -0.480 e. The summed E-state index contributed by atoms with van der Waals surface area (Å²) in [5.74, 6) is 0.136. The molecule has 11 heteroatoms. The van der Waals surface area contributed by atoms with Crippen molar-refractivity contribution in [1.82, 2.24) is 14.8 Å². The van der Waals surface area contributed by atoms with Gasteiger partial charge in [0.2, 0.25) is 0 Å². The number of aromatic nitrogens is 1. The summed E-state index contributed by atoms with van der Waals surface area (Å²) >= 11 is 8.09. The molecule has 3 aromatic rings. The average Bonchev–Trinajstić information content (AvgIpc) is 3.57. The third kappa shape index (κ3) is 9.81. The Labute approximate surface area is 301 Å². The predicted octanol–water partition coefficient (Wildman–Crippen LogP) is 9.14. The Morgan fingerprint density at radius 3 is 2.41 bits per heavy atom. The van der Waals surface area contributed by atoms with Gasteiger partial charge in [0.25, 0.3) is 0 Å². The molecule has 4 atom stereocenters. The van der Waals surface area contributed by atoms with Gasteiger partial charge in [0.05, 0.1) is 10.7 Å². The second kappa shape index (κ2) is 18.4. The number of likely N-dealkylation sites (N-methyl/N-ethyl adjacent to an activating group) is 1. The first-order chi connectivity index (χ1) is 20.6. The highest BCUT2D eigenvalue weighted by Crippen LogP contribution is 2.44. The number of hydrogen-bond acceptors (Lipinski definition) is 5. The number of thiazole rings is 1. The van der Waals surface area contributed by atoms with Crippen molar-refractivity contribution >= 4 is 66.1 Å². The van der Waals surface area contributed by atoms with E-state index in [2.05, 4.69) is 22.8 Å². The highest BCUT2D eigenvalue weighted by molar-refractivity contribution is 7.11. The number of halogens is 5. The van der Waals surface area contributed by atoms with Crippen LogP contribution >= 0.6 is 60.2 Å². The first kappa shape index (κ1) is 40.7. The lowest BCUT2D eigenvalue weighted by Gasteiger charge is -2.35. The van der Waals surface area contributed by atoms with Gasteiger partial charge >= 0.3 is 5.97 Å². The summed E-state index contributed by atoms with van der Waals surface area (Å²) in [6, 6.07) is 14.7. The number of carboxylic acids is 1. The SMILES string of the molecule is CCc1nc(Cc2cccc(Cl)c2)sc1C1CCN(CC2CC(N(C)[C@@H](C(=O)O)C(C)C)CC2c2cccc(F)c2)CC1.Cl.Cl.Cl. The number of carboxylic acid groups (broad SMARTS) is 1.